The van der Waals surface area contributed by atoms with Crippen LogP contribution in [0.15, 0.2) is 48.5 Å². The number of carboxylic acid groups (broad SMARTS) is 1. The van der Waals surface area contributed by atoms with Crippen LogP contribution in [0.2, 0.25) is 0 Å². The normalized spacial score (nSPS) is 10.7. The molecule has 3 nitrogen and oxygen atoms in total. The summed E-state index contributed by atoms with van der Waals surface area (Å²) >= 11 is 0. The van der Waals surface area contributed by atoms with Crippen molar-refractivity contribution in [2.45, 2.75) is 0 Å². The standard InChI is InChI=1S/C18H9F4NO2/c19-12-5-1-3-9(15(12)21)10-7-8-14(23-17(10)18(24)25)11-4-2-6-13(20)16(11)22/h1-8H,(H,24,25). The number of pyridine rings is 1. The van der Waals surface area contributed by atoms with E-state index in [1.54, 1.807) is 0 Å². The Morgan fingerprint density at radius 2 is 1.32 bits per heavy atom. The lowest BCUT2D eigenvalue weighted by molar-refractivity contribution is 0.0691. The van der Waals surface area contributed by atoms with E-state index in [2.05, 4.69) is 4.98 Å². The minimum absolute atomic E-state index is 0.144. The lowest BCUT2D eigenvalue weighted by Gasteiger charge is -2.10. The van der Waals surface area contributed by atoms with Crippen LogP contribution in [0.3, 0.4) is 0 Å². The summed E-state index contributed by atoms with van der Waals surface area (Å²) in [6.45, 7) is 0. The fraction of sp³-hybridized carbons (Fsp3) is 0. The van der Waals surface area contributed by atoms with Crippen molar-refractivity contribution in [1.29, 1.82) is 0 Å². The van der Waals surface area contributed by atoms with Gasteiger partial charge in [-0.3, -0.25) is 0 Å². The number of aromatic carboxylic acids is 1. The highest BCUT2D eigenvalue weighted by molar-refractivity contribution is 5.94. The number of nitrogens with zero attached hydrogens (tertiary/aromatic N) is 1. The lowest BCUT2D eigenvalue weighted by atomic mass is 10.0. The smallest absolute Gasteiger partial charge is 0.355 e. The molecular weight excluding hydrogens is 338 g/mol. The van der Waals surface area contributed by atoms with Crippen molar-refractivity contribution in [2.75, 3.05) is 0 Å². The third-order valence-corrected chi connectivity index (χ3v) is 3.57. The van der Waals surface area contributed by atoms with Gasteiger partial charge in [-0.2, -0.15) is 0 Å². The van der Waals surface area contributed by atoms with Crippen molar-refractivity contribution in [1.82, 2.24) is 4.98 Å². The van der Waals surface area contributed by atoms with Crippen LogP contribution in [0.25, 0.3) is 22.4 Å². The predicted molar refractivity (Wildman–Crippen MR) is 81.9 cm³/mol. The number of hydrogen-bond acceptors (Lipinski definition) is 2. The van der Waals surface area contributed by atoms with Gasteiger partial charge < -0.3 is 5.11 Å². The van der Waals surface area contributed by atoms with Gasteiger partial charge in [0, 0.05) is 16.7 Å². The third-order valence-electron chi connectivity index (χ3n) is 3.57. The third kappa shape index (κ3) is 2.96. The van der Waals surface area contributed by atoms with E-state index >= 15 is 0 Å². The molecule has 0 saturated carbocycles. The SMILES string of the molecule is O=C(O)c1nc(-c2cccc(F)c2F)ccc1-c1cccc(F)c1F. The largest absolute Gasteiger partial charge is 0.476 e. The zero-order valence-corrected chi connectivity index (χ0v) is 12.4. The Morgan fingerprint density at radius 1 is 0.760 bits per heavy atom. The molecule has 7 heteroatoms. The van der Waals surface area contributed by atoms with Crippen LogP contribution in [0.4, 0.5) is 17.6 Å². The highest BCUT2D eigenvalue weighted by Crippen LogP contribution is 2.30. The average Bonchev–Trinajstić information content (AvgIpc) is 2.59. The van der Waals surface area contributed by atoms with Crippen molar-refractivity contribution < 1.29 is 27.5 Å². The number of halogens is 4. The molecule has 0 spiro atoms. The second-order valence-corrected chi connectivity index (χ2v) is 5.10. The summed E-state index contributed by atoms with van der Waals surface area (Å²) in [5.74, 6) is -6.18. The molecule has 126 valence electrons. The van der Waals surface area contributed by atoms with E-state index in [1.165, 1.54) is 36.4 Å². The summed E-state index contributed by atoms with van der Waals surface area (Å²) in [5, 5.41) is 9.34. The van der Waals surface area contributed by atoms with Crippen molar-refractivity contribution in [3.63, 3.8) is 0 Å². The summed E-state index contributed by atoms with van der Waals surface area (Å²) in [6, 6.07) is 9.09. The van der Waals surface area contributed by atoms with Crippen LogP contribution < -0.4 is 0 Å². The molecule has 1 heterocycles. The van der Waals surface area contributed by atoms with Crippen LogP contribution in [0.5, 0.6) is 0 Å². The van der Waals surface area contributed by atoms with E-state index < -0.39 is 34.9 Å². The fourth-order valence-electron chi connectivity index (χ4n) is 2.40. The van der Waals surface area contributed by atoms with Gasteiger partial charge in [-0.25, -0.2) is 27.3 Å². The van der Waals surface area contributed by atoms with Crippen LogP contribution >= 0.6 is 0 Å². The minimum atomic E-state index is -1.52. The van der Waals surface area contributed by atoms with E-state index in [-0.39, 0.29) is 22.4 Å². The van der Waals surface area contributed by atoms with Crippen molar-refractivity contribution in [2.24, 2.45) is 0 Å². The molecule has 25 heavy (non-hydrogen) atoms. The lowest BCUT2D eigenvalue weighted by Crippen LogP contribution is -2.06. The first-order chi connectivity index (χ1) is 11.9. The molecule has 1 aromatic heterocycles. The molecule has 0 aliphatic heterocycles. The first kappa shape index (κ1) is 16.6. The number of benzene rings is 2. The molecule has 0 unspecified atom stereocenters. The quantitative estimate of drug-likeness (QED) is 0.701. The molecule has 0 fully saturated rings. The summed E-state index contributed by atoms with van der Waals surface area (Å²) in [4.78, 5) is 15.3. The Balaban J connectivity index is 2.22. The molecule has 1 N–H and O–H groups in total. The number of carboxylic acids is 1. The summed E-state index contributed by atoms with van der Waals surface area (Å²) in [6.07, 6.45) is 0. The molecule has 0 atom stereocenters. The number of rotatable bonds is 3. The zero-order chi connectivity index (χ0) is 18.1. The van der Waals surface area contributed by atoms with Crippen molar-refractivity contribution >= 4 is 5.97 Å². The molecular formula is C18H9F4NO2. The van der Waals surface area contributed by atoms with Crippen molar-refractivity contribution in [3.05, 3.63) is 77.5 Å². The number of aromatic nitrogens is 1. The molecule has 0 saturated heterocycles. The van der Waals surface area contributed by atoms with Gasteiger partial charge in [0.15, 0.2) is 29.0 Å². The summed E-state index contributed by atoms with van der Waals surface area (Å²) in [7, 11) is 0. The molecule has 0 aliphatic carbocycles. The van der Waals surface area contributed by atoms with Gasteiger partial charge in [0.25, 0.3) is 0 Å². The molecule has 0 radical (unpaired) electrons. The molecule has 3 aromatic rings. The Morgan fingerprint density at radius 3 is 1.92 bits per heavy atom. The fourth-order valence-corrected chi connectivity index (χ4v) is 2.40. The predicted octanol–water partition coefficient (Wildman–Crippen LogP) is 4.67. The highest BCUT2D eigenvalue weighted by Gasteiger charge is 2.20. The monoisotopic (exact) mass is 347 g/mol. The average molecular weight is 347 g/mol. The second kappa shape index (κ2) is 6.35. The van der Waals surface area contributed by atoms with Crippen LogP contribution in [-0.4, -0.2) is 16.1 Å². The first-order valence-corrected chi connectivity index (χ1v) is 7.03. The van der Waals surface area contributed by atoms with Gasteiger partial charge in [-0.05, 0) is 30.3 Å². The highest BCUT2D eigenvalue weighted by atomic mass is 19.2. The Hall–Kier alpha value is -3.22. The molecule has 0 bridgehead atoms. The molecule has 3 rings (SSSR count). The number of hydrogen-bond donors (Lipinski definition) is 1. The Labute approximate surface area is 139 Å². The summed E-state index contributed by atoms with van der Waals surface area (Å²) < 4.78 is 54.6. The van der Waals surface area contributed by atoms with Crippen molar-refractivity contribution in [3.8, 4) is 22.4 Å². The van der Waals surface area contributed by atoms with Gasteiger partial charge in [-0.15, -0.1) is 0 Å². The second-order valence-electron chi connectivity index (χ2n) is 5.10. The maximum Gasteiger partial charge on any atom is 0.355 e. The minimum Gasteiger partial charge on any atom is -0.476 e. The van der Waals surface area contributed by atoms with Gasteiger partial charge in [-0.1, -0.05) is 18.2 Å². The van der Waals surface area contributed by atoms with E-state index in [0.29, 0.717) is 0 Å². The van der Waals surface area contributed by atoms with E-state index in [0.717, 1.165) is 12.1 Å². The van der Waals surface area contributed by atoms with Gasteiger partial charge in [0.05, 0.1) is 5.69 Å². The van der Waals surface area contributed by atoms with Gasteiger partial charge in [0.2, 0.25) is 0 Å². The molecule has 0 aliphatic rings. The topological polar surface area (TPSA) is 50.2 Å². The van der Waals surface area contributed by atoms with Crippen LogP contribution in [-0.2, 0) is 0 Å². The van der Waals surface area contributed by atoms with Gasteiger partial charge in [0.1, 0.15) is 0 Å². The van der Waals surface area contributed by atoms with Crippen LogP contribution in [0, 0.1) is 23.3 Å². The molecule has 0 amide bonds. The maximum absolute atomic E-state index is 14.0. The number of carbonyl (C=O) groups is 1. The first-order valence-electron chi connectivity index (χ1n) is 7.03. The van der Waals surface area contributed by atoms with E-state index in [1.807, 2.05) is 0 Å². The summed E-state index contributed by atoms with van der Waals surface area (Å²) in [5.41, 5.74) is -1.46. The zero-order valence-electron chi connectivity index (χ0n) is 12.4. The van der Waals surface area contributed by atoms with E-state index in [4.69, 9.17) is 0 Å². The maximum atomic E-state index is 14.0. The van der Waals surface area contributed by atoms with Gasteiger partial charge >= 0.3 is 5.97 Å². The molecule has 2 aromatic carbocycles. The van der Waals surface area contributed by atoms with E-state index in [9.17, 15) is 27.5 Å². The van der Waals surface area contributed by atoms with Crippen LogP contribution in [0.1, 0.15) is 10.5 Å². The Bertz CT molecular complexity index is 989. The Kier molecular flexibility index (Phi) is 4.22.